The van der Waals surface area contributed by atoms with Crippen LogP contribution >= 0.6 is 11.6 Å². The molecule has 0 aliphatic carbocycles. The van der Waals surface area contributed by atoms with Gasteiger partial charge in [0.1, 0.15) is 6.61 Å². The van der Waals surface area contributed by atoms with Gasteiger partial charge in [0.25, 0.3) is 0 Å². The maximum Gasteiger partial charge on any atom is 0.337 e. The highest BCUT2D eigenvalue weighted by Crippen LogP contribution is 2.42. The van der Waals surface area contributed by atoms with Gasteiger partial charge in [0.05, 0.1) is 18.3 Å². The molecule has 1 heterocycles. The lowest BCUT2D eigenvalue weighted by molar-refractivity contribution is -0.148. The Kier molecular flexibility index (Phi) is 7.47. The molecule has 0 saturated heterocycles. The first-order valence-corrected chi connectivity index (χ1v) is 11.6. The summed E-state index contributed by atoms with van der Waals surface area (Å²) in [7, 11) is 0. The minimum absolute atomic E-state index is 0.0591. The summed E-state index contributed by atoms with van der Waals surface area (Å²) in [5, 5.41) is 13.8. The quantitative estimate of drug-likeness (QED) is 0.363. The van der Waals surface area contributed by atoms with E-state index in [-0.39, 0.29) is 19.6 Å². The van der Waals surface area contributed by atoms with Crippen LogP contribution in [0.2, 0.25) is 5.02 Å². The number of aliphatic carboxylic acids is 1. The molecule has 1 aliphatic rings. The minimum atomic E-state index is -1.93. The Bertz CT molecular complexity index is 1310. The predicted molar refractivity (Wildman–Crippen MR) is 135 cm³/mol. The number of carboxylic acid groups (broad SMARTS) is 1. The van der Waals surface area contributed by atoms with Crippen molar-refractivity contribution < 1.29 is 24.2 Å². The first kappa shape index (κ1) is 25.1. The van der Waals surface area contributed by atoms with Gasteiger partial charge >= 0.3 is 11.9 Å². The number of esters is 1. The van der Waals surface area contributed by atoms with Crippen molar-refractivity contribution in [1.82, 2.24) is 5.32 Å². The average molecular weight is 506 g/mol. The van der Waals surface area contributed by atoms with Crippen LogP contribution in [0, 0.1) is 0 Å². The molecule has 3 aromatic rings. The molecule has 0 fully saturated rings. The normalized spacial score (nSPS) is 17.1. The standard InChI is InChI=1S/C27H24ClN3O5/c28-19-11-12-21-20(13-19)25(18-9-5-2-6-10-18)31-27(21,26(34)35)22(14-23(29)32)30-15-24(33)36-16-17-7-3-1-4-8-17/h1-13,22,30H,14-16H2,(H2,29,32)(H,34,35). The van der Waals surface area contributed by atoms with E-state index >= 15 is 0 Å². The summed E-state index contributed by atoms with van der Waals surface area (Å²) in [5.41, 5.74) is 6.34. The second kappa shape index (κ2) is 10.7. The first-order valence-electron chi connectivity index (χ1n) is 11.2. The molecule has 36 heavy (non-hydrogen) atoms. The van der Waals surface area contributed by atoms with Gasteiger partial charge in [-0.2, -0.15) is 0 Å². The second-order valence-electron chi connectivity index (χ2n) is 8.34. The number of carbonyl (C=O) groups excluding carboxylic acids is 2. The average Bonchev–Trinajstić information content (AvgIpc) is 3.21. The van der Waals surface area contributed by atoms with Crippen LogP contribution in [-0.4, -0.2) is 41.3 Å². The largest absolute Gasteiger partial charge is 0.479 e. The number of primary amides is 1. The number of aliphatic imine (C=N–C) groups is 1. The smallest absolute Gasteiger partial charge is 0.337 e. The number of nitrogens with two attached hydrogens (primary N) is 1. The summed E-state index contributed by atoms with van der Waals surface area (Å²) in [5.74, 6) is -2.66. The number of benzene rings is 3. The third-order valence-electron chi connectivity index (χ3n) is 5.95. The molecule has 9 heteroatoms. The lowest BCUT2D eigenvalue weighted by Crippen LogP contribution is -2.54. The predicted octanol–water partition coefficient (Wildman–Crippen LogP) is 3.05. The molecule has 2 atom stereocenters. The van der Waals surface area contributed by atoms with Gasteiger partial charge in [-0.3, -0.25) is 14.6 Å². The first-order chi connectivity index (χ1) is 17.3. The van der Waals surface area contributed by atoms with Gasteiger partial charge in [-0.05, 0) is 17.7 Å². The maximum atomic E-state index is 12.9. The van der Waals surface area contributed by atoms with E-state index in [2.05, 4.69) is 10.3 Å². The molecule has 184 valence electrons. The highest BCUT2D eigenvalue weighted by atomic mass is 35.5. The third-order valence-corrected chi connectivity index (χ3v) is 6.19. The lowest BCUT2D eigenvalue weighted by Gasteiger charge is -2.32. The summed E-state index contributed by atoms with van der Waals surface area (Å²) in [6.45, 7) is -0.289. The van der Waals surface area contributed by atoms with Gasteiger partial charge in [0.2, 0.25) is 5.91 Å². The molecule has 0 bridgehead atoms. The summed E-state index contributed by atoms with van der Waals surface area (Å²) < 4.78 is 5.30. The lowest BCUT2D eigenvalue weighted by atomic mass is 9.80. The van der Waals surface area contributed by atoms with E-state index in [0.717, 1.165) is 5.56 Å². The van der Waals surface area contributed by atoms with E-state index in [1.165, 1.54) is 0 Å². The van der Waals surface area contributed by atoms with Crippen molar-refractivity contribution in [3.8, 4) is 0 Å². The molecule has 0 spiro atoms. The number of amides is 1. The summed E-state index contributed by atoms with van der Waals surface area (Å²) in [6, 6.07) is 21.8. The number of rotatable bonds is 10. The summed E-state index contributed by atoms with van der Waals surface area (Å²) >= 11 is 6.25. The molecule has 1 aliphatic heterocycles. The fourth-order valence-corrected chi connectivity index (χ4v) is 4.47. The Hall–Kier alpha value is -4.01. The fraction of sp³-hybridized carbons (Fsp3) is 0.185. The van der Waals surface area contributed by atoms with E-state index < -0.39 is 29.4 Å². The Morgan fingerprint density at radius 2 is 1.69 bits per heavy atom. The van der Waals surface area contributed by atoms with Crippen molar-refractivity contribution in [2.24, 2.45) is 10.7 Å². The van der Waals surface area contributed by atoms with Crippen LogP contribution in [0.4, 0.5) is 0 Å². The number of hydrogen-bond acceptors (Lipinski definition) is 6. The van der Waals surface area contributed by atoms with Gasteiger partial charge in [0, 0.05) is 28.1 Å². The fourth-order valence-electron chi connectivity index (χ4n) is 4.30. The van der Waals surface area contributed by atoms with E-state index in [4.69, 9.17) is 22.1 Å². The number of nitrogens with zero attached hydrogens (tertiary/aromatic N) is 1. The van der Waals surface area contributed by atoms with Crippen molar-refractivity contribution >= 4 is 35.2 Å². The Labute approximate surface area is 212 Å². The van der Waals surface area contributed by atoms with Crippen molar-refractivity contribution in [1.29, 1.82) is 0 Å². The monoisotopic (exact) mass is 505 g/mol. The van der Waals surface area contributed by atoms with E-state index in [1.807, 2.05) is 48.5 Å². The molecule has 4 rings (SSSR count). The molecule has 0 saturated carbocycles. The van der Waals surface area contributed by atoms with Gasteiger partial charge < -0.3 is 20.9 Å². The van der Waals surface area contributed by atoms with Crippen LogP contribution in [0.1, 0.15) is 28.7 Å². The molecule has 0 aromatic heterocycles. The van der Waals surface area contributed by atoms with Gasteiger partial charge in [0.15, 0.2) is 5.54 Å². The van der Waals surface area contributed by atoms with Crippen LogP contribution in [0.25, 0.3) is 0 Å². The van der Waals surface area contributed by atoms with Gasteiger partial charge in [-0.15, -0.1) is 0 Å². The number of carbonyl (C=O) groups is 3. The maximum absolute atomic E-state index is 12.9. The second-order valence-corrected chi connectivity index (χ2v) is 8.77. The molecular formula is C27H24ClN3O5. The number of ether oxygens (including phenoxy) is 1. The topological polar surface area (TPSA) is 131 Å². The van der Waals surface area contributed by atoms with Crippen molar-refractivity contribution in [3.63, 3.8) is 0 Å². The summed E-state index contributed by atoms with van der Waals surface area (Å²) in [4.78, 5) is 42.0. The molecule has 0 radical (unpaired) electrons. The molecule has 2 unspecified atom stereocenters. The van der Waals surface area contributed by atoms with E-state index in [1.54, 1.807) is 30.3 Å². The van der Waals surface area contributed by atoms with Crippen LogP contribution in [0.5, 0.6) is 0 Å². The zero-order chi connectivity index (χ0) is 25.7. The number of fused-ring (bicyclic) bond motifs is 1. The van der Waals surface area contributed by atoms with Crippen molar-refractivity contribution in [2.75, 3.05) is 6.54 Å². The minimum Gasteiger partial charge on any atom is -0.479 e. The van der Waals surface area contributed by atoms with Gasteiger partial charge in [-0.25, -0.2) is 4.79 Å². The highest BCUT2D eigenvalue weighted by Gasteiger charge is 2.53. The van der Waals surface area contributed by atoms with E-state index in [0.29, 0.717) is 27.4 Å². The number of carboxylic acids is 1. The van der Waals surface area contributed by atoms with Crippen LogP contribution in [0.15, 0.2) is 83.9 Å². The van der Waals surface area contributed by atoms with Crippen molar-refractivity contribution in [2.45, 2.75) is 24.6 Å². The number of nitrogens with one attached hydrogen (secondary N) is 1. The SMILES string of the molecule is NC(=O)CC(NCC(=O)OCc1ccccc1)C1(C(=O)O)N=C(c2ccccc2)c2cc(Cl)ccc21. The Morgan fingerprint density at radius 3 is 2.33 bits per heavy atom. The van der Waals surface area contributed by atoms with Crippen molar-refractivity contribution in [3.05, 3.63) is 106 Å². The third kappa shape index (κ3) is 5.15. The molecule has 4 N–H and O–H groups in total. The molecule has 8 nitrogen and oxygen atoms in total. The summed E-state index contributed by atoms with van der Waals surface area (Å²) in [6.07, 6.45) is -0.383. The zero-order valence-corrected chi connectivity index (χ0v) is 19.9. The molecule has 3 aromatic carbocycles. The number of hydrogen-bond donors (Lipinski definition) is 3. The molecular weight excluding hydrogens is 482 g/mol. The molecule has 1 amide bonds. The Morgan fingerprint density at radius 1 is 1.03 bits per heavy atom. The van der Waals surface area contributed by atoms with E-state index in [9.17, 15) is 19.5 Å². The van der Waals surface area contributed by atoms with Crippen LogP contribution in [-0.2, 0) is 31.3 Å². The van der Waals surface area contributed by atoms with Crippen LogP contribution in [0.3, 0.4) is 0 Å². The zero-order valence-electron chi connectivity index (χ0n) is 19.2. The Balaban J connectivity index is 1.68. The number of halogens is 1. The van der Waals surface area contributed by atoms with Crippen LogP contribution < -0.4 is 11.1 Å². The highest BCUT2D eigenvalue weighted by molar-refractivity contribution is 6.31. The van der Waals surface area contributed by atoms with Gasteiger partial charge in [-0.1, -0.05) is 78.3 Å².